The minimum Gasteiger partial charge on any atom is -0.394 e. The van der Waals surface area contributed by atoms with Crippen molar-refractivity contribution in [2.45, 2.75) is 31.8 Å². The maximum atomic E-state index is 9.05. The lowest BCUT2D eigenvalue weighted by molar-refractivity contribution is 0.197. The van der Waals surface area contributed by atoms with Crippen molar-refractivity contribution in [2.24, 2.45) is 0 Å². The molecule has 6 nitrogen and oxygen atoms in total. The number of rotatable bonds is 6. The molecule has 1 saturated heterocycles. The van der Waals surface area contributed by atoms with Crippen molar-refractivity contribution in [2.75, 3.05) is 19.7 Å². The number of hydrogen-bond donors (Lipinski definition) is 1. The Labute approximate surface area is 153 Å². The first kappa shape index (κ1) is 17.0. The van der Waals surface area contributed by atoms with Crippen molar-refractivity contribution in [3.63, 3.8) is 0 Å². The maximum absolute atomic E-state index is 9.05. The molecule has 0 saturated carbocycles. The summed E-state index contributed by atoms with van der Waals surface area (Å²) in [6.45, 7) is 3.84. The zero-order chi connectivity index (χ0) is 17.8. The fourth-order valence-corrected chi connectivity index (χ4v) is 3.70. The van der Waals surface area contributed by atoms with Gasteiger partial charge in [-0.1, -0.05) is 12.1 Å². The first-order chi connectivity index (χ1) is 12.8. The minimum atomic E-state index is 0.131. The predicted molar refractivity (Wildman–Crippen MR) is 100 cm³/mol. The van der Waals surface area contributed by atoms with Crippen LogP contribution in [0.2, 0.25) is 0 Å². The molecule has 6 heteroatoms. The van der Waals surface area contributed by atoms with Crippen LogP contribution in [0.15, 0.2) is 55.0 Å². The van der Waals surface area contributed by atoms with Crippen LogP contribution < -0.4 is 0 Å². The van der Waals surface area contributed by atoms with Crippen molar-refractivity contribution < 1.29 is 5.11 Å². The van der Waals surface area contributed by atoms with Crippen LogP contribution in [0.4, 0.5) is 0 Å². The van der Waals surface area contributed by atoms with E-state index in [4.69, 9.17) is 5.11 Å². The van der Waals surface area contributed by atoms with E-state index in [9.17, 15) is 0 Å². The summed E-state index contributed by atoms with van der Waals surface area (Å²) in [5.74, 6) is 0.479. The second-order valence-electron chi connectivity index (χ2n) is 6.92. The summed E-state index contributed by atoms with van der Waals surface area (Å²) in [7, 11) is 0. The molecule has 136 valence electrons. The molecule has 2 aromatic heterocycles. The minimum absolute atomic E-state index is 0.131. The highest BCUT2D eigenvalue weighted by atomic mass is 16.3. The number of aliphatic hydroxyl groups excluding tert-OH is 1. The van der Waals surface area contributed by atoms with Crippen LogP contribution in [0.1, 0.15) is 30.0 Å². The molecule has 0 spiro atoms. The van der Waals surface area contributed by atoms with E-state index in [0.29, 0.717) is 12.5 Å². The molecule has 0 unspecified atom stereocenters. The van der Waals surface area contributed by atoms with Gasteiger partial charge < -0.3 is 5.11 Å². The first-order valence-electron chi connectivity index (χ1n) is 9.27. The Bertz CT molecular complexity index is 809. The second-order valence-corrected chi connectivity index (χ2v) is 6.92. The molecule has 0 aliphatic carbocycles. The van der Waals surface area contributed by atoms with Gasteiger partial charge in [0.05, 0.1) is 24.5 Å². The first-order valence-corrected chi connectivity index (χ1v) is 9.27. The van der Waals surface area contributed by atoms with Crippen LogP contribution in [-0.4, -0.2) is 49.3 Å². The molecule has 1 aliphatic heterocycles. The summed E-state index contributed by atoms with van der Waals surface area (Å²) < 4.78 is 3.71. The van der Waals surface area contributed by atoms with Crippen LogP contribution in [0.3, 0.4) is 0 Å². The molecule has 1 aromatic carbocycles. The summed E-state index contributed by atoms with van der Waals surface area (Å²) in [5.41, 5.74) is 3.56. The quantitative estimate of drug-likeness (QED) is 0.741. The normalized spacial score (nSPS) is 18.3. The van der Waals surface area contributed by atoms with Crippen LogP contribution >= 0.6 is 0 Å². The molecule has 1 atom stereocenters. The topological polar surface area (TPSA) is 59.1 Å². The Hall–Kier alpha value is -2.44. The van der Waals surface area contributed by atoms with E-state index in [1.54, 1.807) is 6.20 Å². The highest BCUT2D eigenvalue weighted by Gasteiger charge is 2.23. The highest BCUT2D eigenvalue weighted by Crippen LogP contribution is 2.26. The summed E-state index contributed by atoms with van der Waals surface area (Å²) in [6, 6.07) is 12.7. The average Bonchev–Trinajstić information content (AvgIpc) is 3.35. The fourth-order valence-electron chi connectivity index (χ4n) is 3.70. The van der Waals surface area contributed by atoms with Gasteiger partial charge in [-0.3, -0.25) is 9.58 Å². The van der Waals surface area contributed by atoms with Crippen LogP contribution in [0, 0.1) is 0 Å². The van der Waals surface area contributed by atoms with Gasteiger partial charge in [-0.05, 0) is 49.2 Å². The van der Waals surface area contributed by atoms with Gasteiger partial charge in [0.1, 0.15) is 0 Å². The van der Waals surface area contributed by atoms with Crippen molar-refractivity contribution in [3.05, 3.63) is 66.2 Å². The maximum Gasteiger partial charge on any atom is 0.0668 e. The van der Waals surface area contributed by atoms with E-state index in [-0.39, 0.29) is 6.61 Å². The van der Waals surface area contributed by atoms with E-state index >= 15 is 0 Å². The van der Waals surface area contributed by atoms with E-state index in [2.05, 4.69) is 45.4 Å². The smallest absolute Gasteiger partial charge is 0.0668 e. The molecular weight excluding hydrogens is 326 g/mol. The van der Waals surface area contributed by atoms with E-state index in [1.165, 1.54) is 18.4 Å². The Morgan fingerprint density at radius 1 is 1.12 bits per heavy atom. The Kier molecular flexibility index (Phi) is 5.13. The summed E-state index contributed by atoms with van der Waals surface area (Å²) in [5, 5.41) is 17.9. The van der Waals surface area contributed by atoms with Gasteiger partial charge in [0.25, 0.3) is 0 Å². The molecule has 4 rings (SSSR count). The Balaban J connectivity index is 1.38. The third-order valence-electron chi connectivity index (χ3n) is 5.03. The highest BCUT2D eigenvalue weighted by molar-refractivity contribution is 5.33. The second kappa shape index (κ2) is 7.85. The third-order valence-corrected chi connectivity index (χ3v) is 5.03. The summed E-state index contributed by atoms with van der Waals surface area (Å²) >= 11 is 0. The van der Waals surface area contributed by atoms with Crippen LogP contribution in [0.5, 0.6) is 0 Å². The lowest BCUT2D eigenvalue weighted by Crippen LogP contribution is -2.34. The lowest BCUT2D eigenvalue weighted by Gasteiger charge is -2.32. The summed E-state index contributed by atoms with van der Waals surface area (Å²) in [6.07, 6.45) is 8.11. The van der Waals surface area contributed by atoms with E-state index < -0.39 is 0 Å². The van der Waals surface area contributed by atoms with Crippen molar-refractivity contribution >= 4 is 0 Å². The van der Waals surface area contributed by atoms with Crippen LogP contribution in [-0.2, 0) is 13.1 Å². The number of nitrogens with zero attached hydrogens (tertiary/aromatic N) is 5. The van der Waals surface area contributed by atoms with Gasteiger partial charge in [-0.25, -0.2) is 4.68 Å². The van der Waals surface area contributed by atoms with Gasteiger partial charge in [0.2, 0.25) is 0 Å². The number of likely N-dealkylation sites (tertiary alicyclic amines) is 1. The largest absolute Gasteiger partial charge is 0.394 e. The number of aliphatic hydroxyl groups is 1. The van der Waals surface area contributed by atoms with Gasteiger partial charge in [0, 0.05) is 37.6 Å². The Morgan fingerprint density at radius 2 is 2.00 bits per heavy atom. The van der Waals surface area contributed by atoms with Gasteiger partial charge in [-0.2, -0.15) is 10.2 Å². The number of aromatic nitrogens is 4. The molecule has 3 aromatic rings. The van der Waals surface area contributed by atoms with Gasteiger partial charge in [-0.15, -0.1) is 0 Å². The molecule has 0 bridgehead atoms. The zero-order valence-corrected chi connectivity index (χ0v) is 14.9. The molecule has 0 radical (unpaired) electrons. The third kappa shape index (κ3) is 3.86. The zero-order valence-electron chi connectivity index (χ0n) is 14.9. The standard InChI is InChI=1S/C20H25N5O/c26-14-13-24-12-8-20(22-24)18-3-1-10-23(16-18)15-17-4-6-19(7-5-17)25-11-2-9-21-25/h2,4-9,11-12,18,26H,1,3,10,13-16H2/t18-/m0/s1. The van der Waals surface area contributed by atoms with E-state index in [1.807, 2.05) is 27.8 Å². The Morgan fingerprint density at radius 3 is 2.77 bits per heavy atom. The number of hydrogen-bond acceptors (Lipinski definition) is 4. The number of piperidine rings is 1. The molecule has 1 N–H and O–H groups in total. The summed E-state index contributed by atoms with van der Waals surface area (Å²) in [4.78, 5) is 2.52. The predicted octanol–water partition coefficient (Wildman–Crippen LogP) is 2.44. The molecular formula is C20H25N5O. The molecule has 26 heavy (non-hydrogen) atoms. The molecule has 0 amide bonds. The lowest BCUT2D eigenvalue weighted by atomic mass is 9.94. The van der Waals surface area contributed by atoms with Gasteiger partial charge >= 0.3 is 0 Å². The molecule has 3 heterocycles. The fraction of sp³-hybridized carbons (Fsp3) is 0.400. The average molecular weight is 351 g/mol. The number of benzene rings is 1. The van der Waals surface area contributed by atoms with Crippen molar-refractivity contribution in [1.82, 2.24) is 24.5 Å². The molecule has 1 aliphatic rings. The molecule has 1 fully saturated rings. The SMILES string of the molecule is OCCn1ccc([C@H]2CCCN(Cc3ccc(-n4cccn4)cc3)C2)n1. The van der Waals surface area contributed by atoms with Crippen LogP contribution in [0.25, 0.3) is 5.69 Å². The van der Waals surface area contributed by atoms with Gasteiger partial charge in [0.15, 0.2) is 0 Å². The van der Waals surface area contributed by atoms with E-state index in [0.717, 1.165) is 31.0 Å². The van der Waals surface area contributed by atoms with Crippen molar-refractivity contribution in [3.8, 4) is 5.69 Å². The monoisotopic (exact) mass is 351 g/mol. The van der Waals surface area contributed by atoms with Crippen molar-refractivity contribution in [1.29, 1.82) is 0 Å².